The number of nitriles is 1. The number of nitrogens with zero attached hydrogens (tertiary/aromatic N) is 2. The molecule has 1 fully saturated rings. The summed E-state index contributed by atoms with van der Waals surface area (Å²) >= 11 is 0. The molecule has 3 aliphatic carbocycles. The van der Waals surface area contributed by atoms with Gasteiger partial charge in [-0.15, -0.1) is 0 Å². The number of aliphatic hydroxyl groups excluding tert-OH is 2. The largest absolute Gasteiger partial charge is 0.509 e. The minimum absolute atomic E-state index is 0.0414. The number of rotatable bonds is 8. The van der Waals surface area contributed by atoms with Crippen molar-refractivity contribution in [2.24, 2.45) is 22.6 Å². The highest BCUT2D eigenvalue weighted by Gasteiger charge is 2.74. The van der Waals surface area contributed by atoms with Gasteiger partial charge in [0.05, 0.1) is 47.5 Å². The summed E-state index contributed by atoms with van der Waals surface area (Å²) in [6.07, 6.45) is -0.634. The predicted molar refractivity (Wildman–Crippen MR) is 168 cm³/mol. The van der Waals surface area contributed by atoms with Crippen LogP contribution in [-0.2, 0) is 36.9 Å². The zero-order valence-electron chi connectivity index (χ0n) is 26.1. The van der Waals surface area contributed by atoms with Crippen molar-refractivity contribution >= 4 is 29.2 Å². The number of ether oxygens (including phenoxy) is 1. The van der Waals surface area contributed by atoms with Crippen LogP contribution in [0.5, 0.6) is 5.75 Å². The van der Waals surface area contributed by atoms with E-state index in [2.05, 4.69) is 5.32 Å². The number of phenols is 1. The van der Waals surface area contributed by atoms with E-state index in [9.17, 15) is 39.8 Å². The number of likely N-dealkylation sites (N-methyl/N-ethyl adjacent to an activating group) is 1. The fraction of sp³-hybridized carbons (Fsp3) is 0.364. The lowest BCUT2D eigenvalue weighted by Gasteiger charge is -2.58. The highest BCUT2D eigenvalue weighted by atomic mass is 16.5. The molecule has 3 aliphatic rings. The number of aromatic hydroxyl groups is 1. The molecule has 1 saturated carbocycles. The highest BCUT2D eigenvalue weighted by molar-refractivity contribution is 6.25. The SMILES string of the molecule is CCOC(=O)CNCc1ccc(-c2ccc(O)c3c2C[C@@]2(N)C[C@@]4(N)[C@H](N(C)C)C(=O)C(C(N)=O)=C(O)[C@@]4(C#N)C(=O)C2=C3O)cc1. The van der Waals surface area contributed by atoms with E-state index in [4.69, 9.17) is 21.9 Å². The van der Waals surface area contributed by atoms with Crippen LogP contribution in [0, 0.1) is 16.7 Å². The van der Waals surface area contributed by atoms with E-state index < -0.39 is 69.1 Å². The first-order valence-electron chi connectivity index (χ1n) is 14.8. The molecule has 2 aromatic carbocycles. The molecule has 1 amide bonds. The van der Waals surface area contributed by atoms with Crippen molar-refractivity contribution in [2.45, 2.75) is 43.4 Å². The van der Waals surface area contributed by atoms with Gasteiger partial charge in [-0.2, -0.15) is 5.26 Å². The second kappa shape index (κ2) is 11.6. The summed E-state index contributed by atoms with van der Waals surface area (Å²) in [7, 11) is 2.91. The molecule has 246 valence electrons. The van der Waals surface area contributed by atoms with Crippen LogP contribution in [0.1, 0.15) is 30.0 Å². The number of amides is 1. The third-order valence-electron chi connectivity index (χ3n) is 9.30. The maximum absolute atomic E-state index is 14.5. The molecular weight excluding hydrogens is 608 g/mol. The average Bonchev–Trinajstić information content (AvgIpc) is 2.97. The maximum atomic E-state index is 14.5. The van der Waals surface area contributed by atoms with Crippen LogP contribution in [0.3, 0.4) is 0 Å². The molecule has 0 heterocycles. The van der Waals surface area contributed by atoms with Gasteiger partial charge in [0.1, 0.15) is 22.8 Å². The van der Waals surface area contributed by atoms with Crippen LogP contribution >= 0.6 is 0 Å². The Labute approximate surface area is 270 Å². The predicted octanol–water partition coefficient (Wildman–Crippen LogP) is 0.225. The number of esters is 1. The molecule has 5 rings (SSSR count). The number of nitrogens with two attached hydrogens (primary N) is 3. The third-order valence-corrected chi connectivity index (χ3v) is 9.30. The van der Waals surface area contributed by atoms with Gasteiger partial charge in [-0.05, 0) is 62.2 Å². The fourth-order valence-corrected chi connectivity index (χ4v) is 7.43. The minimum atomic E-state index is -2.73. The van der Waals surface area contributed by atoms with Gasteiger partial charge in [0.25, 0.3) is 5.91 Å². The first-order valence-corrected chi connectivity index (χ1v) is 14.8. The van der Waals surface area contributed by atoms with E-state index in [1.165, 1.54) is 25.1 Å². The number of benzene rings is 2. The number of phenolic OH excluding ortho intramolecular Hbond substituents is 1. The van der Waals surface area contributed by atoms with Crippen molar-refractivity contribution in [3.05, 3.63) is 70.0 Å². The summed E-state index contributed by atoms with van der Waals surface area (Å²) < 4.78 is 4.92. The number of nitrogens with one attached hydrogen (secondary N) is 1. The Bertz CT molecular complexity index is 1830. The molecule has 0 saturated heterocycles. The van der Waals surface area contributed by atoms with Gasteiger partial charge in [-0.25, -0.2) is 0 Å². The summed E-state index contributed by atoms with van der Waals surface area (Å²) in [5.41, 5.74) is 13.6. The Morgan fingerprint density at radius 1 is 1.11 bits per heavy atom. The van der Waals surface area contributed by atoms with Gasteiger partial charge in [-0.3, -0.25) is 24.1 Å². The van der Waals surface area contributed by atoms with Crippen molar-refractivity contribution in [1.29, 1.82) is 5.26 Å². The Morgan fingerprint density at radius 3 is 2.34 bits per heavy atom. The molecule has 4 atom stereocenters. The van der Waals surface area contributed by atoms with Gasteiger partial charge in [-0.1, -0.05) is 30.3 Å². The van der Waals surface area contributed by atoms with E-state index >= 15 is 0 Å². The molecule has 2 aromatic rings. The maximum Gasteiger partial charge on any atom is 0.319 e. The standard InChI is InChI=1S/C33H36N6O8/c1-4-47-21(41)13-38-12-16-5-7-17(8-6-16)18-9-10-20(40)22-19(18)11-31(36)14-33(37)27(39(2)3)26(43)23(30(35)46)28(44)32(33,15-34)29(45)24(31)25(22)42/h5-10,27,38,40,42,44H,4,11-14,36-37H2,1-3H3,(H2,35,46)/t27-,31-,32+,33-/m1/s1. The van der Waals surface area contributed by atoms with Crippen molar-refractivity contribution in [2.75, 3.05) is 27.2 Å². The quantitative estimate of drug-likeness (QED) is 0.150. The average molecular weight is 645 g/mol. The molecule has 0 radical (unpaired) electrons. The fourth-order valence-electron chi connectivity index (χ4n) is 7.43. The van der Waals surface area contributed by atoms with Crippen LogP contribution in [0.4, 0.5) is 0 Å². The molecule has 10 N–H and O–H groups in total. The van der Waals surface area contributed by atoms with Crippen molar-refractivity contribution in [3.8, 4) is 22.9 Å². The number of carbonyl (C=O) groups is 4. The zero-order valence-corrected chi connectivity index (χ0v) is 26.1. The summed E-state index contributed by atoms with van der Waals surface area (Å²) in [5.74, 6) is -6.21. The van der Waals surface area contributed by atoms with Crippen molar-refractivity contribution in [1.82, 2.24) is 10.2 Å². The lowest BCUT2D eigenvalue weighted by molar-refractivity contribution is -0.142. The first-order chi connectivity index (χ1) is 22.1. The zero-order chi connectivity index (χ0) is 34.6. The Hall–Kier alpha value is -5.07. The molecular formula is C33H36N6O8. The lowest BCUT2D eigenvalue weighted by atomic mass is 9.47. The monoisotopic (exact) mass is 644 g/mol. The minimum Gasteiger partial charge on any atom is -0.509 e. The molecule has 0 bridgehead atoms. The number of carbonyl (C=O) groups excluding carboxylic acids is 4. The number of hydrogen-bond donors (Lipinski definition) is 7. The molecule has 0 unspecified atom stereocenters. The Kier molecular flexibility index (Phi) is 8.23. The number of ketones is 2. The lowest BCUT2D eigenvalue weighted by Crippen LogP contribution is -2.80. The van der Waals surface area contributed by atoms with E-state index in [-0.39, 0.29) is 36.9 Å². The van der Waals surface area contributed by atoms with Gasteiger partial charge in [0.15, 0.2) is 17.0 Å². The van der Waals surface area contributed by atoms with Crippen LogP contribution in [-0.4, -0.2) is 88.0 Å². The summed E-state index contributed by atoms with van der Waals surface area (Å²) in [4.78, 5) is 53.4. The van der Waals surface area contributed by atoms with Crippen LogP contribution < -0.4 is 22.5 Å². The third kappa shape index (κ3) is 4.78. The normalized spacial score (nSPS) is 26.8. The molecule has 14 nitrogen and oxygen atoms in total. The van der Waals surface area contributed by atoms with Crippen molar-refractivity contribution in [3.63, 3.8) is 0 Å². The number of hydrogen-bond acceptors (Lipinski definition) is 13. The molecule has 0 aliphatic heterocycles. The van der Waals surface area contributed by atoms with E-state index in [0.717, 1.165) is 5.56 Å². The van der Waals surface area contributed by atoms with Gasteiger partial charge in [0.2, 0.25) is 0 Å². The molecule has 0 aromatic heterocycles. The van der Waals surface area contributed by atoms with Crippen molar-refractivity contribution < 1.29 is 39.2 Å². The van der Waals surface area contributed by atoms with E-state index in [0.29, 0.717) is 23.2 Å². The number of primary amides is 1. The van der Waals surface area contributed by atoms with E-state index in [1.54, 1.807) is 31.2 Å². The number of fused-ring (bicyclic) bond motifs is 3. The van der Waals surface area contributed by atoms with Gasteiger partial charge < -0.3 is 42.6 Å². The summed E-state index contributed by atoms with van der Waals surface area (Å²) in [5, 5.41) is 47.5. The second-order valence-corrected chi connectivity index (χ2v) is 12.4. The van der Waals surface area contributed by atoms with Gasteiger partial charge in [0, 0.05) is 6.54 Å². The molecule has 0 spiro atoms. The highest BCUT2D eigenvalue weighted by Crippen LogP contribution is 2.58. The van der Waals surface area contributed by atoms with Crippen LogP contribution in [0.2, 0.25) is 0 Å². The summed E-state index contributed by atoms with van der Waals surface area (Å²) in [6.45, 7) is 2.44. The summed E-state index contributed by atoms with van der Waals surface area (Å²) in [6, 6.07) is 10.5. The topological polar surface area (TPSA) is 255 Å². The smallest absolute Gasteiger partial charge is 0.319 e. The van der Waals surface area contributed by atoms with E-state index in [1.807, 2.05) is 12.1 Å². The number of aliphatic hydroxyl groups is 2. The molecule has 47 heavy (non-hydrogen) atoms. The number of Topliss-reactive ketones (excluding diaryl/α,β-unsaturated/α-hetero) is 2. The first kappa shape index (κ1) is 33.3. The Balaban J connectivity index is 1.65. The molecule has 14 heteroatoms. The van der Waals surface area contributed by atoms with Crippen LogP contribution in [0.15, 0.2) is 53.3 Å². The second-order valence-electron chi connectivity index (χ2n) is 12.4. The van der Waals surface area contributed by atoms with Gasteiger partial charge >= 0.3 is 5.97 Å². The van der Waals surface area contributed by atoms with Crippen LogP contribution in [0.25, 0.3) is 16.9 Å². The Morgan fingerprint density at radius 2 is 1.77 bits per heavy atom.